The van der Waals surface area contributed by atoms with Gasteiger partial charge in [-0.25, -0.2) is 9.67 Å². The maximum Gasteiger partial charge on any atom is 0.269 e. The molecule has 1 fully saturated rings. The predicted octanol–water partition coefficient (Wildman–Crippen LogP) is 4.73. The highest BCUT2D eigenvalue weighted by Crippen LogP contribution is 2.26. The first-order valence-corrected chi connectivity index (χ1v) is 11.8. The van der Waals surface area contributed by atoms with E-state index in [4.69, 9.17) is 21.3 Å². The van der Waals surface area contributed by atoms with Gasteiger partial charge in [-0.2, -0.15) is 5.10 Å². The van der Waals surface area contributed by atoms with Crippen molar-refractivity contribution in [2.24, 2.45) is 0 Å². The molecule has 0 saturated carbocycles. The summed E-state index contributed by atoms with van der Waals surface area (Å²) >= 11 is 6.12. The number of halogens is 1. The van der Waals surface area contributed by atoms with Crippen molar-refractivity contribution < 1.29 is 4.74 Å². The van der Waals surface area contributed by atoms with Crippen LogP contribution in [0, 0.1) is 0 Å². The summed E-state index contributed by atoms with van der Waals surface area (Å²) in [7, 11) is 0. The molecule has 3 aromatic carbocycles. The summed E-state index contributed by atoms with van der Waals surface area (Å²) in [6.45, 7) is 3.16. The average Bonchev–Trinajstić information content (AvgIpc) is 3.35. The molecule has 0 amide bonds. The molecule has 3 heterocycles. The van der Waals surface area contributed by atoms with E-state index in [2.05, 4.69) is 22.1 Å². The minimum Gasteiger partial charge on any atom is -0.378 e. The number of aromatic nitrogens is 4. The van der Waals surface area contributed by atoms with Crippen molar-refractivity contribution >= 4 is 28.3 Å². The topological polar surface area (TPSA) is 65.2 Å². The lowest BCUT2D eigenvalue weighted by Crippen LogP contribution is -2.36. The van der Waals surface area contributed by atoms with Crippen LogP contribution in [-0.4, -0.2) is 45.6 Å². The van der Waals surface area contributed by atoms with Gasteiger partial charge in [-0.3, -0.25) is 9.36 Å². The van der Waals surface area contributed by atoms with Crippen LogP contribution in [0.25, 0.3) is 33.8 Å². The van der Waals surface area contributed by atoms with Gasteiger partial charge in [0.15, 0.2) is 5.65 Å². The summed E-state index contributed by atoms with van der Waals surface area (Å²) in [6.07, 6.45) is 1.58. The number of fused-ring (bicyclic) bond motifs is 1. The normalized spacial score (nSPS) is 13.9. The molecule has 2 aromatic heterocycles. The van der Waals surface area contributed by atoms with Crippen LogP contribution in [-0.2, 0) is 4.74 Å². The number of rotatable bonds is 4. The summed E-state index contributed by atoms with van der Waals surface area (Å²) in [5, 5.41) is 5.53. The Morgan fingerprint density at radius 3 is 2.20 bits per heavy atom. The Morgan fingerprint density at radius 1 is 0.800 bits per heavy atom. The van der Waals surface area contributed by atoms with Gasteiger partial charge in [0.05, 0.1) is 30.8 Å². The van der Waals surface area contributed by atoms with Gasteiger partial charge >= 0.3 is 0 Å². The van der Waals surface area contributed by atoms with Gasteiger partial charge in [-0.15, -0.1) is 0 Å². The van der Waals surface area contributed by atoms with Crippen molar-refractivity contribution in [1.29, 1.82) is 0 Å². The summed E-state index contributed by atoms with van der Waals surface area (Å²) in [5.41, 5.74) is 3.80. The Kier molecular flexibility index (Phi) is 5.56. The Hall–Kier alpha value is -3.94. The van der Waals surface area contributed by atoms with E-state index < -0.39 is 0 Å². The van der Waals surface area contributed by atoms with Crippen molar-refractivity contribution in [2.45, 2.75) is 0 Å². The van der Waals surface area contributed by atoms with Crippen LogP contribution in [0.1, 0.15) is 0 Å². The van der Waals surface area contributed by atoms with Gasteiger partial charge in [-0.1, -0.05) is 29.8 Å². The molecule has 7 nitrogen and oxygen atoms in total. The number of nitrogens with zero attached hydrogens (tertiary/aromatic N) is 5. The van der Waals surface area contributed by atoms with Crippen molar-refractivity contribution in [1.82, 2.24) is 19.3 Å². The van der Waals surface area contributed by atoms with E-state index in [0.717, 1.165) is 43.2 Å². The number of hydrogen-bond acceptors (Lipinski definition) is 5. The third-order valence-corrected chi connectivity index (χ3v) is 6.44. The van der Waals surface area contributed by atoms with Crippen LogP contribution >= 0.6 is 11.6 Å². The van der Waals surface area contributed by atoms with E-state index in [0.29, 0.717) is 27.6 Å². The first kappa shape index (κ1) is 21.6. The van der Waals surface area contributed by atoms with Gasteiger partial charge in [0, 0.05) is 29.4 Å². The molecule has 35 heavy (non-hydrogen) atoms. The van der Waals surface area contributed by atoms with Crippen LogP contribution in [0.2, 0.25) is 5.02 Å². The molecule has 0 bridgehead atoms. The number of benzene rings is 3. The first-order valence-electron chi connectivity index (χ1n) is 11.4. The Morgan fingerprint density at radius 2 is 1.49 bits per heavy atom. The summed E-state index contributed by atoms with van der Waals surface area (Å²) in [6, 6.07) is 25.0. The van der Waals surface area contributed by atoms with Gasteiger partial charge in [-0.05, 0) is 60.7 Å². The molecular formula is C27H22ClN5O2. The van der Waals surface area contributed by atoms with Crippen LogP contribution in [0.5, 0.6) is 0 Å². The van der Waals surface area contributed by atoms with E-state index in [-0.39, 0.29) is 5.56 Å². The molecule has 1 aliphatic heterocycles. The lowest BCUT2D eigenvalue weighted by Gasteiger charge is -2.29. The van der Waals surface area contributed by atoms with E-state index in [9.17, 15) is 4.79 Å². The molecule has 174 valence electrons. The summed E-state index contributed by atoms with van der Waals surface area (Å²) in [5.74, 6) is 0.538. The lowest BCUT2D eigenvalue weighted by atomic mass is 10.1. The standard InChI is InChI=1S/C27H22ClN5O2/c28-20-8-12-22(13-9-20)32-25(19-6-10-21(11-7-19)31-14-16-35-17-15-31)30-26-24(27(32)34)18-29-33(26)23-4-2-1-3-5-23/h1-13,18H,14-17H2. The molecule has 1 saturated heterocycles. The van der Waals surface area contributed by atoms with Crippen molar-refractivity contribution in [3.63, 3.8) is 0 Å². The molecule has 6 rings (SSSR count). The molecule has 0 N–H and O–H groups in total. The number of morpholine rings is 1. The molecule has 0 spiro atoms. The molecule has 0 aliphatic carbocycles. The van der Waals surface area contributed by atoms with Crippen molar-refractivity contribution in [3.8, 4) is 22.8 Å². The molecule has 0 atom stereocenters. The molecule has 0 unspecified atom stereocenters. The van der Waals surface area contributed by atoms with Gasteiger partial charge < -0.3 is 9.64 Å². The molecular weight excluding hydrogens is 462 g/mol. The van der Waals surface area contributed by atoms with Gasteiger partial charge in [0.25, 0.3) is 5.56 Å². The molecule has 8 heteroatoms. The second-order valence-electron chi connectivity index (χ2n) is 8.33. The van der Waals surface area contributed by atoms with E-state index in [1.165, 1.54) is 0 Å². The fourth-order valence-electron chi connectivity index (χ4n) is 4.39. The number of ether oxygens (including phenoxy) is 1. The van der Waals surface area contributed by atoms with Crippen LogP contribution in [0.4, 0.5) is 5.69 Å². The number of hydrogen-bond donors (Lipinski definition) is 0. The van der Waals surface area contributed by atoms with Crippen molar-refractivity contribution in [2.75, 3.05) is 31.2 Å². The maximum absolute atomic E-state index is 13.8. The average molecular weight is 484 g/mol. The summed E-state index contributed by atoms with van der Waals surface area (Å²) in [4.78, 5) is 21.1. The number of para-hydroxylation sites is 1. The quantitative estimate of drug-likeness (QED) is 0.370. The highest BCUT2D eigenvalue weighted by Gasteiger charge is 2.19. The van der Waals surface area contributed by atoms with Crippen molar-refractivity contribution in [3.05, 3.63) is 100 Å². The molecule has 1 aliphatic rings. The Labute approximate surface area is 206 Å². The van der Waals surface area contributed by atoms with E-state index in [1.807, 2.05) is 54.6 Å². The van der Waals surface area contributed by atoms with Crippen LogP contribution in [0.3, 0.4) is 0 Å². The molecule has 0 radical (unpaired) electrons. The highest BCUT2D eigenvalue weighted by molar-refractivity contribution is 6.30. The fraction of sp³-hybridized carbons (Fsp3) is 0.148. The van der Waals surface area contributed by atoms with Gasteiger partial charge in [0.2, 0.25) is 0 Å². The summed E-state index contributed by atoms with van der Waals surface area (Å²) < 4.78 is 8.80. The fourth-order valence-corrected chi connectivity index (χ4v) is 4.52. The monoisotopic (exact) mass is 483 g/mol. The van der Waals surface area contributed by atoms with Gasteiger partial charge in [0.1, 0.15) is 11.2 Å². The highest BCUT2D eigenvalue weighted by atomic mass is 35.5. The number of anilines is 1. The van der Waals surface area contributed by atoms with E-state index >= 15 is 0 Å². The predicted molar refractivity (Wildman–Crippen MR) is 138 cm³/mol. The van der Waals surface area contributed by atoms with E-state index in [1.54, 1.807) is 27.6 Å². The SMILES string of the molecule is O=c1c2cnn(-c3ccccc3)c2nc(-c2ccc(N3CCOCC3)cc2)n1-c1ccc(Cl)cc1. The zero-order chi connectivity index (χ0) is 23.8. The third-order valence-electron chi connectivity index (χ3n) is 6.19. The minimum atomic E-state index is -0.188. The van der Waals surface area contributed by atoms with Crippen LogP contribution in [0.15, 0.2) is 89.9 Å². The minimum absolute atomic E-state index is 0.188. The second-order valence-corrected chi connectivity index (χ2v) is 8.76. The zero-order valence-corrected chi connectivity index (χ0v) is 19.6. The Balaban J connectivity index is 1.55. The lowest BCUT2D eigenvalue weighted by molar-refractivity contribution is 0.122. The first-order chi connectivity index (χ1) is 17.2. The zero-order valence-electron chi connectivity index (χ0n) is 18.8. The molecule has 5 aromatic rings. The second kappa shape index (κ2) is 9.02. The smallest absolute Gasteiger partial charge is 0.269 e. The third kappa shape index (κ3) is 3.99. The maximum atomic E-state index is 13.8. The van der Waals surface area contributed by atoms with Crippen LogP contribution < -0.4 is 10.5 Å². The largest absolute Gasteiger partial charge is 0.378 e. The Bertz CT molecular complexity index is 1540.